The van der Waals surface area contributed by atoms with E-state index in [9.17, 15) is 9.59 Å². The molecule has 1 N–H and O–H groups in total. The molecule has 0 saturated carbocycles. The Labute approximate surface area is 192 Å². The van der Waals surface area contributed by atoms with Gasteiger partial charge in [-0.2, -0.15) is 0 Å². The second-order valence-corrected chi connectivity index (χ2v) is 7.72. The number of ether oxygens (including phenoxy) is 3. The average Bonchev–Trinajstić information content (AvgIpc) is 2.79. The Balaban J connectivity index is 2.39. The summed E-state index contributed by atoms with van der Waals surface area (Å²) in [5.74, 6) is -0.887. The Bertz CT molecular complexity index is 680. The summed E-state index contributed by atoms with van der Waals surface area (Å²) in [4.78, 5) is 22.2. The number of unbranched alkanes of at least 4 members (excludes halogenated alkanes) is 6. The van der Waals surface area contributed by atoms with Gasteiger partial charge in [0.25, 0.3) is 0 Å². The molecule has 1 aromatic carbocycles. The molecule has 0 heterocycles. The van der Waals surface area contributed by atoms with Crippen LogP contribution in [0.15, 0.2) is 49.1 Å². The summed E-state index contributed by atoms with van der Waals surface area (Å²) in [5.41, 5.74) is 1.30. The molecule has 0 fully saturated rings. The number of hydrogen-bond donors (Lipinski definition) is 1. The first-order valence-electron chi connectivity index (χ1n) is 11.5. The van der Waals surface area contributed by atoms with Crippen LogP contribution < -0.4 is 4.74 Å². The highest BCUT2D eigenvalue weighted by atomic mass is 16.6. The van der Waals surface area contributed by atoms with Gasteiger partial charge in [0.15, 0.2) is 5.78 Å². The van der Waals surface area contributed by atoms with Crippen LogP contribution in [0.25, 0.3) is 0 Å². The maximum Gasteiger partial charge on any atom is 0.328 e. The van der Waals surface area contributed by atoms with Gasteiger partial charge in [-0.3, -0.25) is 4.79 Å². The maximum atomic E-state index is 11.7. The van der Waals surface area contributed by atoms with E-state index in [1.165, 1.54) is 50.5 Å². The van der Waals surface area contributed by atoms with Crippen molar-refractivity contribution >= 4 is 11.8 Å². The van der Waals surface area contributed by atoms with E-state index in [1.807, 2.05) is 12.1 Å². The lowest BCUT2D eigenvalue weighted by molar-refractivity contribution is -0.132. The number of carboxylic acid groups (broad SMARTS) is 1. The van der Waals surface area contributed by atoms with Gasteiger partial charge in [0.05, 0.1) is 13.2 Å². The zero-order chi connectivity index (χ0) is 23.4. The summed E-state index contributed by atoms with van der Waals surface area (Å²) < 4.78 is 16.8. The van der Waals surface area contributed by atoms with Gasteiger partial charge >= 0.3 is 5.97 Å². The molecule has 0 saturated heterocycles. The number of hydrogen-bond acceptors (Lipinski definition) is 5. The van der Waals surface area contributed by atoms with Gasteiger partial charge in [-0.1, -0.05) is 63.7 Å². The average molecular weight is 447 g/mol. The largest absolute Gasteiger partial charge is 0.491 e. The fourth-order valence-corrected chi connectivity index (χ4v) is 3.07. The van der Waals surface area contributed by atoms with Crippen LogP contribution >= 0.6 is 0 Å². The molecule has 0 amide bonds. The van der Waals surface area contributed by atoms with Crippen molar-refractivity contribution in [3.8, 4) is 5.75 Å². The van der Waals surface area contributed by atoms with Crippen molar-refractivity contribution in [3.05, 3.63) is 54.6 Å². The maximum absolute atomic E-state index is 11.7. The van der Waals surface area contributed by atoms with E-state index in [-0.39, 0.29) is 19.8 Å². The minimum Gasteiger partial charge on any atom is -0.491 e. The van der Waals surface area contributed by atoms with Crippen molar-refractivity contribution in [2.24, 2.45) is 0 Å². The number of aliphatic carboxylic acids is 1. The summed E-state index contributed by atoms with van der Waals surface area (Å²) in [6.45, 7) is 6.40. The number of carbonyl (C=O) groups excluding carboxylic acids is 1. The third-order valence-corrected chi connectivity index (χ3v) is 4.84. The highest BCUT2D eigenvalue weighted by Gasteiger charge is 2.13. The van der Waals surface area contributed by atoms with Crippen LogP contribution in [-0.4, -0.2) is 49.4 Å². The lowest BCUT2D eigenvalue weighted by Crippen LogP contribution is -2.29. The third-order valence-electron chi connectivity index (χ3n) is 4.84. The SMILES string of the molecule is C=CCOCC(COc1ccc(CCCCCCCCC)cc1)OCC(=O)C=CC(=O)O. The molecule has 0 spiro atoms. The molecule has 32 heavy (non-hydrogen) atoms. The van der Waals surface area contributed by atoms with E-state index in [2.05, 4.69) is 25.6 Å². The number of carboxylic acids is 1. The van der Waals surface area contributed by atoms with E-state index in [1.54, 1.807) is 6.08 Å². The van der Waals surface area contributed by atoms with Gasteiger partial charge in [0.2, 0.25) is 0 Å². The van der Waals surface area contributed by atoms with Crippen LogP contribution in [0.5, 0.6) is 5.75 Å². The van der Waals surface area contributed by atoms with Gasteiger partial charge in [-0.25, -0.2) is 4.79 Å². The van der Waals surface area contributed by atoms with E-state index >= 15 is 0 Å². The quantitative estimate of drug-likeness (QED) is 0.169. The fourth-order valence-electron chi connectivity index (χ4n) is 3.07. The fraction of sp³-hybridized carbons (Fsp3) is 0.538. The lowest BCUT2D eigenvalue weighted by atomic mass is 10.0. The van der Waals surface area contributed by atoms with E-state index in [0.717, 1.165) is 24.3 Å². The van der Waals surface area contributed by atoms with Crippen LogP contribution in [0, 0.1) is 0 Å². The number of carbonyl (C=O) groups is 2. The number of benzene rings is 1. The van der Waals surface area contributed by atoms with Gasteiger partial charge in [0.1, 0.15) is 25.1 Å². The molecule has 0 radical (unpaired) electrons. The summed E-state index contributed by atoms with van der Waals surface area (Å²) in [6, 6.07) is 8.05. The van der Waals surface area contributed by atoms with Crippen LogP contribution in [0.3, 0.4) is 0 Å². The summed E-state index contributed by atoms with van der Waals surface area (Å²) in [7, 11) is 0. The van der Waals surface area contributed by atoms with Gasteiger partial charge in [-0.15, -0.1) is 6.58 Å². The molecule has 1 unspecified atom stereocenters. The first-order valence-corrected chi connectivity index (χ1v) is 11.5. The van der Waals surface area contributed by atoms with Crippen LogP contribution in [-0.2, 0) is 25.5 Å². The zero-order valence-electron chi connectivity index (χ0n) is 19.3. The molecule has 178 valence electrons. The topological polar surface area (TPSA) is 82.1 Å². The standard InChI is InChI=1S/C26H38O6/c1-3-5-6-7-8-9-10-11-22-12-15-24(16-13-22)32-21-25(20-30-18-4-2)31-19-23(27)14-17-26(28)29/h4,12-17,25H,2-3,5-11,18-21H2,1H3,(H,28,29). The van der Waals surface area contributed by atoms with Crippen molar-refractivity contribution in [1.29, 1.82) is 0 Å². The molecule has 1 aromatic rings. The van der Waals surface area contributed by atoms with Crippen molar-refractivity contribution < 1.29 is 28.9 Å². The highest BCUT2D eigenvalue weighted by Crippen LogP contribution is 2.16. The molecule has 6 nitrogen and oxygen atoms in total. The van der Waals surface area contributed by atoms with Crippen molar-refractivity contribution in [3.63, 3.8) is 0 Å². The Morgan fingerprint density at radius 1 is 1.00 bits per heavy atom. The number of rotatable bonds is 20. The summed E-state index contributed by atoms with van der Waals surface area (Å²) in [5, 5.41) is 8.58. The Morgan fingerprint density at radius 2 is 1.69 bits per heavy atom. The first-order chi connectivity index (χ1) is 15.5. The van der Waals surface area contributed by atoms with Crippen LogP contribution in [0.4, 0.5) is 0 Å². The first kappa shape index (κ1) is 27.6. The molecule has 0 aliphatic rings. The minimum absolute atomic E-state index is 0.212. The molecular weight excluding hydrogens is 408 g/mol. The van der Waals surface area contributed by atoms with Gasteiger partial charge in [0, 0.05) is 6.08 Å². The van der Waals surface area contributed by atoms with Crippen LogP contribution in [0.1, 0.15) is 57.4 Å². The molecule has 1 atom stereocenters. The van der Waals surface area contributed by atoms with Gasteiger partial charge in [-0.05, 0) is 36.6 Å². The molecule has 1 rings (SSSR count). The normalized spacial score (nSPS) is 12.0. The smallest absolute Gasteiger partial charge is 0.328 e. The lowest BCUT2D eigenvalue weighted by Gasteiger charge is -2.18. The molecule has 0 aliphatic carbocycles. The predicted molar refractivity (Wildman–Crippen MR) is 126 cm³/mol. The highest BCUT2D eigenvalue weighted by molar-refractivity contribution is 5.96. The second kappa shape index (κ2) is 18.2. The molecule has 0 aliphatic heterocycles. The third kappa shape index (κ3) is 14.5. The monoisotopic (exact) mass is 446 g/mol. The Kier molecular flexibility index (Phi) is 15.7. The summed E-state index contributed by atoms with van der Waals surface area (Å²) in [6.07, 6.45) is 13.1. The second-order valence-electron chi connectivity index (χ2n) is 7.72. The van der Waals surface area contributed by atoms with Gasteiger partial charge < -0.3 is 19.3 Å². The zero-order valence-corrected chi connectivity index (χ0v) is 19.3. The minimum atomic E-state index is -1.18. The van der Waals surface area contributed by atoms with Crippen molar-refractivity contribution in [1.82, 2.24) is 0 Å². The Morgan fingerprint density at radius 3 is 2.34 bits per heavy atom. The van der Waals surface area contributed by atoms with Crippen molar-refractivity contribution in [2.45, 2.75) is 64.4 Å². The van der Waals surface area contributed by atoms with E-state index in [0.29, 0.717) is 6.61 Å². The van der Waals surface area contributed by atoms with E-state index < -0.39 is 17.9 Å². The predicted octanol–water partition coefficient (Wildman–Crippen LogP) is 5.16. The van der Waals surface area contributed by atoms with Crippen LogP contribution in [0.2, 0.25) is 0 Å². The Hall–Kier alpha value is -2.44. The molecule has 0 aromatic heterocycles. The number of ketones is 1. The molecular formula is C26H38O6. The van der Waals surface area contributed by atoms with Crippen molar-refractivity contribution in [2.75, 3.05) is 26.4 Å². The van der Waals surface area contributed by atoms with E-state index in [4.69, 9.17) is 19.3 Å². The molecule has 6 heteroatoms. The summed E-state index contributed by atoms with van der Waals surface area (Å²) >= 11 is 0. The number of aryl methyl sites for hydroxylation is 1. The molecule has 0 bridgehead atoms.